The summed E-state index contributed by atoms with van der Waals surface area (Å²) in [4.78, 5) is 0. The molecular weight excluding hydrogens is 287 g/mol. The summed E-state index contributed by atoms with van der Waals surface area (Å²) in [7, 11) is 0. The molecule has 1 saturated heterocycles. The van der Waals surface area contributed by atoms with Crippen molar-refractivity contribution in [3.05, 3.63) is 12.2 Å². The molecule has 0 spiro atoms. The van der Waals surface area contributed by atoms with E-state index in [4.69, 9.17) is 37.4 Å². The third-order valence-electron chi connectivity index (χ3n) is 3.80. The molecule has 1 aliphatic heterocycles. The van der Waals surface area contributed by atoms with Gasteiger partial charge in [0.25, 0.3) is 0 Å². The van der Waals surface area contributed by atoms with Crippen LogP contribution in [0.3, 0.4) is 0 Å². The van der Waals surface area contributed by atoms with Gasteiger partial charge in [0.1, 0.15) is 6.10 Å². The molecule has 0 N–H and O–H groups in total. The van der Waals surface area contributed by atoms with Gasteiger partial charge in [-0.15, -0.1) is 23.2 Å². The summed E-state index contributed by atoms with van der Waals surface area (Å²) < 4.78 is 17.3. The van der Waals surface area contributed by atoms with E-state index < -0.39 is 0 Å². The fourth-order valence-electron chi connectivity index (χ4n) is 2.51. The van der Waals surface area contributed by atoms with Crippen LogP contribution in [-0.4, -0.2) is 43.5 Å². The zero-order valence-corrected chi connectivity index (χ0v) is 12.8. The topological polar surface area (TPSA) is 27.7 Å². The molecule has 0 aromatic heterocycles. The number of hydrogen-bond donors (Lipinski definition) is 0. The molecule has 19 heavy (non-hydrogen) atoms. The first-order valence-corrected chi connectivity index (χ1v) is 7.97. The third kappa shape index (κ3) is 4.33. The second kappa shape index (κ2) is 7.84. The number of halogens is 2. The molecule has 0 unspecified atom stereocenters. The smallest absolute Gasteiger partial charge is 0.161 e. The third-order valence-corrected chi connectivity index (χ3v) is 4.49. The number of allylic oxidation sites excluding steroid dienone is 2. The van der Waals surface area contributed by atoms with E-state index in [0.717, 1.165) is 12.8 Å². The quantitative estimate of drug-likeness (QED) is 0.557. The molecule has 3 nitrogen and oxygen atoms in total. The van der Waals surface area contributed by atoms with Crippen molar-refractivity contribution >= 4 is 23.2 Å². The summed E-state index contributed by atoms with van der Waals surface area (Å²) in [6.07, 6.45) is 6.39. The highest BCUT2D eigenvalue weighted by molar-refractivity contribution is 6.21. The fraction of sp³-hybridized carbons (Fsp3) is 0.857. The van der Waals surface area contributed by atoms with E-state index in [1.54, 1.807) is 0 Å². The summed E-state index contributed by atoms with van der Waals surface area (Å²) in [6, 6.07) is 0. The molecule has 1 aliphatic carbocycles. The van der Waals surface area contributed by atoms with Gasteiger partial charge in [-0.2, -0.15) is 0 Å². The average Bonchev–Trinajstić information content (AvgIpc) is 2.89. The van der Waals surface area contributed by atoms with Crippen LogP contribution in [0.25, 0.3) is 0 Å². The first kappa shape index (κ1) is 15.6. The van der Waals surface area contributed by atoms with Crippen molar-refractivity contribution in [1.29, 1.82) is 0 Å². The van der Waals surface area contributed by atoms with E-state index in [2.05, 4.69) is 19.1 Å². The van der Waals surface area contributed by atoms with Crippen LogP contribution >= 0.6 is 23.2 Å². The van der Waals surface area contributed by atoms with Crippen LogP contribution in [0.15, 0.2) is 12.2 Å². The number of ether oxygens (including phenoxy) is 3. The Morgan fingerprint density at radius 2 is 2.00 bits per heavy atom. The first-order chi connectivity index (χ1) is 9.24. The van der Waals surface area contributed by atoms with Crippen molar-refractivity contribution in [3.63, 3.8) is 0 Å². The summed E-state index contributed by atoms with van der Waals surface area (Å²) >= 11 is 11.5. The van der Waals surface area contributed by atoms with Crippen LogP contribution in [0.4, 0.5) is 0 Å². The van der Waals surface area contributed by atoms with Crippen LogP contribution in [0, 0.1) is 11.8 Å². The summed E-state index contributed by atoms with van der Waals surface area (Å²) in [5, 5.41) is 0. The largest absolute Gasteiger partial charge is 0.373 e. The van der Waals surface area contributed by atoms with Gasteiger partial charge in [-0.1, -0.05) is 19.1 Å². The van der Waals surface area contributed by atoms with E-state index in [-0.39, 0.29) is 18.5 Å². The first-order valence-electron chi connectivity index (χ1n) is 6.90. The molecule has 2 aliphatic rings. The van der Waals surface area contributed by atoms with Gasteiger partial charge in [0.15, 0.2) is 6.29 Å². The van der Waals surface area contributed by atoms with Crippen molar-refractivity contribution < 1.29 is 14.2 Å². The summed E-state index contributed by atoms with van der Waals surface area (Å²) in [6.45, 7) is 3.34. The highest BCUT2D eigenvalue weighted by Gasteiger charge is 2.35. The lowest BCUT2D eigenvalue weighted by Crippen LogP contribution is -2.30. The zero-order chi connectivity index (χ0) is 13.7. The second-order valence-corrected chi connectivity index (χ2v) is 5.92. The monoisotopic (exact) mass is 308 g/mol. The summed E-state index contributed by atoms with van der Waals surface area (Å²) in [5.41, 5.74) is 0. The van der Waals surface area contributed by atoms with Crippen molar-refractivity contribution in [1.82, 2.24) is 0 Å². The predicted molar refractivity (Wildman–Crippen MR) is 76.8 cm³/mol. The zero-order valence-electron chi connectivity index (χ0n) is 11.3. The molecule has 0 radical (unpaired) electrons. The molecule has 5 heteroatoms. The molecule has 2 rings (SSSR count). The Kier molecular flexibility index (Phi) is 6.43. The van der Waals surface area contributed by atoms with Crippen LogP contribution in [0.1, 0.15) is 19.8 Å². The molecule has 0 amide bonds. The molecule has 0 bridgehead atoms. The molecule has 1 fully saturated rings. The number of rotatable bonds is 6. The van der Waals surface area contributed by atoms with Gasteiger partial charge in [-0.05, 0) is 18.8 Å². The number of alkyl halides is 2. The minimum atomic E-state index is -0.109. The lowest BCUT2D eigenvalue weighted by atomic mass is 9.84. The Labute approximate surface area is 125 Å². The van der Waals surface area contributed by atoms with Crippen LogP contribution in [0.5, 0.6) is 0 Å². The van der Waals surface area contributed by atoms with Gasteiger partial charge in [0.2, 0.25) is 0 Å². The standard InChI is InChI=1S/C14H22Cl2O3/c1-10-4-2-3-5-13(10)14-18-9-12(19-14)8-17-11(6-15)7-16/h2-3,10-14H,4-9H2,1H3/t10-,12-,13+,14+/m1/s1. The maximum atomic E-state index is 5.94. The molecular formula is C14H22Cl2O3. The molecule has 4 atom stereocenters. The van der Waals surface area contributed by atoms with Gasteiger partial charge in [0, 0.05) is 17.7 Å². The summed E-state index contributed by atoms with van der Waals surface area (Å²) in [5.74, 6) is 1.87. The Morgan fingerprint density at radius 1 is 1.26 bits per heavy atom. The average molecular weight is 309 g/mol. The predicted octanol–water partition coefficient (Wildman–Crippen LogP) is 3.19. The van der Waals surface area contributed by atoms with Crippen molar-refractivity contribution in [2.75, 3.05) is 25.0 Å². The van der Waals surface area contributed by atoms with Crippen LogP contribution in [0.2, 0.25) is 0 Å². The molecule has 0 aromatic carbocycles. The maximum absolute atomic E-state index is 5.94. The Bertz CT molecular complexity index is 294. The highest BCUT2D eigenvalue weighted by Crippen LogP contribution is 2.33. The van der Waals surface area contributed by atoms with Crippen molar-refractivity contribution in [2.45, 2.75) is 38.3 Å². The SMILES string of the molecule is C[C@@H]1CC=CC[C@@H]1[C@H]1OC[C@@H](COC(CCl)CCl)O1. The lowest BCUT2D eigenvalue weighted by Gasteiger charge is -2.29. The minimum Gasteiger partial charge on any atom is -0.373 e. The van der Waals surface area contributed by atoms with E-state index in [1.807, 2.05) is 0 Å². The Hall–Kier alpha value is 0.200. The van der Waals surface area contributed by atoms with Gasteiger partial charge < -0.3 is 14.2 Å². The maximum Gasteiger partial charge on any atom is 0.161 e. The Morgan fingerprint density at radius 3 is 2.68 bits per heavy atom. The lowest BCUT2D eigenvalue weighted by molar-refractivity contribution is -0.119. The number of hydrogen-bond acceptors (Lipinski definition) is 3. The van der Waals surface area contributed by atoms with Crippen LogP contribution < -0.4 is 0 Å². The van der Waals surface area contributed by atoms with Crippen molar-refractivity contribution in [2.24, 2.45) is 11.8 Å². The van der Waals surface area contributed by atoms with Gasteiger partial charge in [0.05, 0.1) is 19.3 Å². The molecule has 1 heterocycles. The minimum absolute atomic E-state index is 0.00274. The fourth-order valence-corrected chi connectivity index (χ4v) is 3.01. The molecule has 0 aromatic rings. The second-order valence-electron chi connectivity index (χ2n) is 5.31. The molecule has 0 saturated carbocycles. The van der Waals surface area contributed by atoms with Gasteiger partial charge >= 0.3 is 0 Å². The van der Waals surface area contributed by atoms with Crippen LogP contribution in [-0.2, 0) is 14.2 Å². The van der Waals surface area contributed by atoms with E-state index in [9.17, 15) is 0 Å². The highest BCUT2D eigenvalue weighted by atomic mass is 35.5. The van der Waals surface area contributed by atoms with E-state index in [0.29, 0.717) is 36.8 Å². The van der Waals surface area contributed by atoms with Gasteiger partial charge in [-0.3, -0.25) is 0 Å². The normalized spacial score (nSPS) is 35.2. The van der Waals surface area contributed by atoms with E-state index in [1.165, 1.54) is 0 Å². The van der Waals surface area contributed by atoms with Gasteiger partial charge in [-0.25, -0.2) is 0 Å². The van der Waals surface area contributed by atoms with E-state index >= 15 is 0 Å². The molecule has 110 valence electrons. The van der Waals surface area contributed by atoms with Crippen molar-refractivity contribution in [3.8, 4) is 0 Å². The Balaban J connectivity index is 1.75.